The first kappa shape index (κ1) is 32.3. The molecule has 3 amide bonds. The van der Waals surface area contributed by atoms with Gasteiger partial charge in [-0.15, -0.1) is 0 Å². The van der Waals surface area contributed by atoms with E-state index in [-0.39, 0.29) is 31.3 Å². The van der Waals surface area contributed by atoms with E-state index in [4.69, 9.17) is 22.9 Å². The molecule has 3 rings (SSSR count). The van der Waals surface area contributed by atoms with Crippen LogP contribution in [0.4, 0.5) is 0 Å². The number of benzene rings is 1. The summed E-state index contributed by atoms with van der Waals surface area (Å²) in [4.78, 5) is 60.3. The Morgan fingerprint density at radius 3 is 2.52 bits per heavy atom. The van der Waals surface area contributed by atoms with Crippen LogP contribution in [0.2, 0.25) is 0 Å². The fourth-order valence-electron chi connectivity index (χ4n) is 5.20. The van der Waals surface area contributed by atoms with Crippen LogP contribution in [0.3, 0.4) is 0 Å². The van der Waals surface area contributed by atoms with Crippen molar-refractivity contribution in [3.63, 3.8) is 0 Å². The summed E-state index contributed by atoms with van der Waals surface area (Å²) in [6.45, 7) is 0.992. The third-order valence-corrected chi connectivity index (χ3v) is 7.41. The molecule has 14 heteroatoms. The Hall–Kier alpha value is -4.17. The minimum Gasteiger partial charge on any atom is -0.480 e. The van der Waals surface area contributed by atoms with Gasteiger partial charge in [-0.25, -0.2) is 4.79 Å². The van der Waals surface area contributed by atoms with Gasteiger partial charge >= 0.3 is 5.97 Å². The van der Waals surface area contributed by atoms with Crippen molar-refractivity contribution in [2.24, 2.45) is 27.9 Å². The van der Waals surface area contributed by atoms with E-state index >= 15 is 0 Å². The topological polar surface area (TPSA) is 248 Å². The number of nitrogens with two attached hydrogens (primary N) is 4. The number of carbonyl (C=O) groups is 4. The van der Waals surface area contributed by atoms with Gasteiger partial charge < -0.3 is 48.6 Å². The summed E-state index contributed by atoms with van der Waals surface area (Å²) in [7, 11) is 0. The van der Waals surface area contributed by atoms with E-state index in [2.05, 4.69) is 20.6 Å². The van der Waals surface area contributed by atoms with Crippen LogP contribution in [0.1, 0.15) is 50.5 Å². The number of nitrogens with zero attached hydrogens (tertiary/aromatic N) is 2. The molecule has 0 bridgehead atoms. The molecule has 1 aromatic carbocycles. The minimum absolute atomic E-state index is 0.102. The van der Waals surface area contributed by atoms with Gasteiger partial charge in [0.1, 0.15) is 18.1 Å². The molecule has 1 aliphatic rings. The number of aliphatic carboxylic acids is 1. The number of guanidine groups is 1. The highest BCUT2D eigenvalue weighted by molar-refractivity contribution is 5.94. The van der Waals surface area contributed by atoms with Crippen LogP contribution in [-0.4, -0.2) is 88.4 Å². The average molecular weight is 586 g/mol. The number of rotatable bonds is 16. The Labute approximate surface area is 244 Å². The molecule has 0 saturated carbocycles. The Kier molecular flexibility index (Phi) is 12.1. The number of aromatic nitrogens is 1. The molecule has 0 spiro atoms. The largest absolute Gasteiger partial charge is 0.480 e. The van der Waals surface area contributed by atoms with Crippen LogP contribution < -0.4 is 33.6 Å². The summed E-state index contributed by atoms with van der Waals surface area (Å²) in [5.74, 6) is -2.77. The van der Waals surface area contributed by atoms with Gasteiger partial charge in [0.2, 0.25) is 17.7 Å². The molecule has 230 valence electrons. The third-order valence-electron chi connectivity index (χ3n) is 7.41. The molecule has 1 saturated heterocycles. The summed E-state index contributed by atoms with van der Waals surface area (Å²) in [6, 6.07) is 3.87. The molecule has 4 unspecified atom stereocenters. The lowest BCUT2D eigenvalue weighted by Gasteiger charge is -2.28. The van der Waals surface area contributed by atoms with Crippen LogP contribution >= 0.6 is 0 Å². The van der Waals surface area contributed by atoms with E-state index in [0.717, 1.165) is 16.5 Å². The highest BCUT2D eigenvalue weighted by Gasteiger charge is 2.38. The van der Waals surface area contributed by atoms with Crippen LogP contribution in [0.25, 0.3) is 10.9 Å². The highest BCUT2D eigenvalue weighted by Crippen LogP contribution is 2.22. The number of aliphatic imine (C=N–C) groups is 1. The number of amides is 3. The number of aromatic amines is 1. The lowest BCUT2D eigenvalue weighted by molar-refractivity contribution is -0.143. The second-order valence-corrected chi connectivity index (χ2v) is 10.6. The lowest BCUT2D eigenvalue weighted by atomic mass is 10.0. The standard InChI is InChI=1S/C28H43N9O5/c29-12-4-3-9-22(27(41)42)36-24(38)21(10-5-13-33-28(31)32)35-25(39)23-11-6-14-37(23)26(40)19(30)15-17-16-34-20-8-2-1-7-18(17)20/h1-2,7-8,16,19,21-23,34H,3-6,9-15,29-30H2,(H,35,39)(H,36,38)(H,41,42)(H4,31,32,33). The van der Waals surface area contributed by atoms with Gasteiger partial charge in [-0.05, 0) is 69.5 Å². The monoisotopic (exact) mass is 585 g/mol. The fourth-order valence-corrected chi connectivity index (χ4v) is 5.20. The summed E-state index contributed by atoms with van der Waals surface area (Å²) < 4.78 is 0. The number of carboxylic acid groups (broad SMARTS) is 1. The third kappa shape index (κ3) is 8.91. The second-order valence-electron chi connectivity index (χ2n) is 10.6. The maximum absolute atomic E-state index is 13.4. The van der Waals surface area contributed by atoms with Crippen molar-refractivity contribution in [3.05, 3.63) is 36.0 Å². The Morgan fingerprint density at radius 1 is 1.07 bits per heavy atom. The van der Waals surface area contributed by atoms with Crippen molar-refractivity contribution in [2.45, 2.75) is 75.5 Å². The number of H-pyrrole nitrogens is 1. The first-order valence-electron chi connectivity index (χ1n) is 14.3. The van der Waals surface area contributed by atoms with E-state index in [0.29, 0.717) is 51.6 Å². The zero-order valence-electron chi connectivity index (χ0n) is 23.8. The predicted octanol–water partition coefficient (Wildman–Crippen LogP) is -0.734. The average Bonchev–Trinajstić information content (AvgIpc) is 3.61. The van der Waals surface area contributed by atoms with Gasteiger partial charge in [0, 0.05) is 30.2 Å². The first-order chi connectivity index (χ1) is 20.1. The number of carboxylic acids is 1. The quantitative estimate of drug-likeness (QED) is 0.0701. The number of likely N-dealkylation sites (tertiary alicyclic amines) is 1. The van der Waals surface area contributed by atoms with Crippen LogP contribution in [0, 0.1) is 0 Å². The molecule has 0 radical (unpaired) electrons. The van der Waals surface area contributed by atoms with E-state index in [1.807, 2.05) is 30.5 Å². The first-order valence-corrected chi connectivity index (χ1v) is 14.3. The summed E-state index contributed by atoms with van der Waals surface area (Å²) in [5.41, 5.74) is 24.5. The van der Waals surface area contributed by atoms with Crippen LogP contribution in [0.5, 0.6) is 0 Å². The van der Waals surface area contributed by atoms with Gasteiger partial charge in [0.05, 0.1) is 6.04 Å². The van der Waals surface area contributed by atoms with Crippen molar-refractivity contribution in [2.75, 3.05) is 19.6 Å². The van der Waals surface area contributed by atoms with Crippen molar-refractivity contribution in [3.8, 4) is 0 Å². The molecular weight excluding hydrogens is 542 g/mol. The number of hydrogen-bond acceptors (Lipinski definition) is 7. The maximum atomic E-state index is 13.4. The number of hydrogen-bond donors (Lipinski definition) is 8. The highest BCUT2D eigenvalue weighted by atomic mass is 16.4. The van der Waals surface area contributed by atoms with Crippen molar-refractivity contribution in [1.82, 2.24) is 20.5 Å². The molecule has 1 aromatic heterocycles. The zero-order valence-corrected chi connectivity index (χ0v) is 23.8. The molecule has 12 N–H and O–H groups in total. The van der Waals surface area contributed by atoms with E-state index in [1.165, 1.54) is 4.90 Å². The lowest BCUT2D eigenvalue weighted by Crippen LogP contribution is -2.56. The maximum Gasteiger partial charge on any atom is 0.326 e. The molecule has 1 aliphatic heterocycles. The number of carbonyl (C=O) groups excluding carboxylic acids is 3. The minimum atomic E-state index is -1.18. The van der Waals surface area contributed by atoms with Gasteiger partial charge in [-0.1, -0.05) is 18.2 Å². The van der Waals surface area contributed by atoms with Gasteiger partial charge in [0.25, 0.3) is 0 Å². The molecule has 14 nitrogen and oxygen atoms in total. The molecule has 2 aromatic rings. The Morgan fingerprint density at radius 2 is 1.81 bits per heavy atom. The summed E-state index contributed by atoms with van der Waals surface area (Å²) in [5, 5.41) is 15.8. The van der Waals surface area contributed by atoms with E-state index in [9.17, 15) is 24.3 Å². The summed E-state index contributed by atoms with van der Waals surface area (Å²) >= 11 is 0. The van der Waals surface area contributed by atoms with Gasteiger partial charge in [-0.3, -0.25) is 19.4 Å². The predicted molar refractivity (Wildman–Crippen MR) is 159 cm³/mol. The van der Waals surface area contributed by atoms with Crippen molar-refractivity contribution >= 4 is 40.6 Å². The van der Waals surface area contributed by atoms with Crippen LogP contribution in [0.15, 0.2) is 35.5 Å². The number of para-hydroxylation sites is 1. The fraction of sp³-hybridized carbons (Fsp3) is 0.536. The number of fused-ring (bicyclic) bond motifs is 1. The molecule has 0 aliphatic carbocycles. The Balaban J connectivity index is 1.68. The molecule has 4 atom stereocenters. The smallest absolute Gasteiger partial charge is 0.326 e. The molecule has 1 fully saturated rings. The van der Waals surface area contributed by atoms with Gasteiger partial charge in [-0.2, -0.15) is 0 Å². The molecular formula is C28H43N9O5. The Bertz CT molecular complexity index is 1260. The second kappa shape index (κ2) is 15.7. The summed E-state index contributed by atoms with van der Waals surface area (Å²) in [6.07, 6.45) is 4.99. The van der Waals surface area contributed by atoms with E-state index < -0.39 is 42.0 Å². The number of unbranched alkanes of at least 4 members (excludes halogenated alkanes) is 1. The van der Waals surface area contributed by atoms with E-state index in [1.54, 1.807) is 0 Å². The zero-order chi connectivity index (χ0) is 30.6. The molecule has 42 heavy (non-hydrogen) atoms. The SMILES string of the molecule is NCCCCC(NC(=O)C(CCCN=C(N)N)NC(=O)C1CCCN1C(=O)C(N)Cc1c[nH]c2ccccc12)C(=O)O. The number of nitrogens with one attached hydrogen (secondary N) is 3. The van der Waals surface area contributed by atoms with Crippen molar-refractivity contribution in [1.29, 1.82) is 0 Å². The van der Waals surface area contributed by atoms with Crippen LogP contribution in [-0.2, 0) is 25.6 Å². The normalized spacial score (nSPS) is 16.9. The van der Waals surface area contributed by atoms with Crippen molar-refractivity contribution < 1.29 is 24.3 Å². The van der Waals surface area contributed by atoms with Gasteiger partial charge in [0.15, 0.2) is 5.96 Å². The molecule has 2 heterocycles.